The maximum absolute atomic E-state index is 13.3. The van der Waals surface area contributed by atoms with Gasteiger partial charge in [-0.25, -0.2) is 0 Å². The molecule has 13 heteroatoms. The summed E-state index contributed by atoms with van der Waals surface area (Å²) in [5, 5.41) is 0. The van der Waals surface area contributed by atoms with E-state index in [2.05, 4.69) is 4.74 Å². The van der Waals surface area contributed by atoms with Crippen molar-refractivity contribution in [2.24, 2.45) is 10.8 Å². The monoisotopic (exact) mass is 562 g/mol. The topological polar surface area (TPSA) is 97.4 Å². The van der Waals surface area contributed by atoms with Crippen molar-refractivity contribution in [2.75, 3.05) is 19.8 Å². The summed E-state index contributed by atoms with van der Waals surface area (Å²) >= 11 is 0. The number of carbonyl (C=O) groups excluding carboxylic acids is 3. The zero-order chi connectivity index (χ0) is 29.6. The lowest BCUT2D eigenvalue weighted by atomic mass is 9.65. The van der Waals surface area contributed by atoms with E-state index in [-0.39, 0.29) is 25.9 Å². The van der Waals surface area contributed by atoms with Crippen molar-refractivity contribution < 1.29 is 60.0 Å². The Bertz CT molecular complexity index is 816. The van der Waals surface area contributed by atoms with Crippen LogP contribution in [-0.2, 0) is 38.1 Å². The number of ether oxygens (including phenoxy) is 5. The Hall–Kier alpha value is -2.02. The Morgan fingerprint density at radius 1 is 0.974 bits per heavy atom. The Morgan fingerprint density at radius 3 is 2.05 bits per heavy atom. The second kappa shape index (κ2) is 12.9. The second-order valence-corrected chi connectivity index (χ2v) is 11.0. The molecule has 38 heavy (non-hydrogen) atoms. The largest absolute Gasteiger partial charge is 0.461 e. The fourth-order valence-corrected chi connectivity index (χ4v) is 3.55. The van der Waals surface area contributed by atoms with Crippen LogP contribution in [0.3, 0.4) is 0 Å². The third kappa shape index (κ3) is 9.32. The average Bonchev–Trinajstić information content (AvgIpc) is 3.27. The number of hydrogen-bond donors (Lipinski definition) is 0. The molecule has 0 spiro atoms. The molecule has 8 nitrogen and oxygen atoms in total. The molecule has 0 aliphatic carbocycles. The molecule has 0 aromatic carbocycles. The van der Waals surface area contributed by atoms with E-state index in [0.29, 0.717) is 13.0 Å². The number of esters is 3. The molecule has 1 aliphatic heterocycles. The Balaban J connectivity index is 3.02. The molecule has 1 fully saturated rings. The van der Waals surface area contributed by atoms with E-state index >= 15 is 0 Å². The summed E-state index contributed by atoms with van der Waals surface area (Å²) in [6, 6.07) is 0. The molecule has 0 bridgehead atoms. The van der Waals surface area contributed by atoms with Gasteiger partial charge in [-0.15, -0.1) is 0 Å². The van der Waals surface area contributed by atoms with Gasteiger partial charge < -0.3 is 23.7 Å². The molecule has 0 aromatic rings. The highest BCUT2D eigenvalue weighted by atomic mass is 19.4. The third-order valence-electron chi connectivity index (χ3n) is 6.57. The van der Waals surface area contributed by atoms with E-state index in [1.54, 1.807) is 20.8 Å². The van der Waals surface area contributed by atoms with E-state index in [9.17, 15) is 36.3 Å². The highest BCUT2D eigenvalue weighted by Crippen LogP contribution is 2.45. The maximum Gasteiger partial charge on any atom is 0.456 e. The van der Waals surface area contributed by atoms with Crippen LogP contribution in [0.15, 0.2) is 0 Å². The molecule has 1 saturated heterocycles. The third-order valence-corrected chi connectivity index (χ3v) is 6.57. The summed E-state index contributed by atoms with van der Waals surface area (Å²) < 4.78 is 90.3. The van der Waals surface area contributed by atoms with Gasteiger partial charge in [0.1, 0.15) is 11.7 Å². The van der Waals surface area contributed by atoms with Crippen molar-refractivity contribution in [3.05, 3.63) is 0 Å². The van der Waals surface area contributed by atoms with Gasteiger partial charge in [-0.2, -0.15) is 22.0 Å². The summed E-state index contributed by atoms with van der Waals surface area (Å²) in [6.45, 7) is 8.60. The Labute approximate surface area is 219 Å². The highest BCUT2D eigenvalue weighted by molar-refractivity contribution is 5.88. The first-order valence-electron chi connectivity index (χ1n) is 12.4. The SMILES string of the molecule is CCC(C)(C(=O)OC(CCOC1CCCO1)CC(=O)OC(C)(C)C)C(C)(C)C(=O)OCC(F)(F)C(F)(F)F. The highest BCUT2D eigenvalue weighted by Gasteiger charge is 2.60. The van der Waals surface area contributed by atoms with Crippen LogP contribution in [0.5, 0.6) is 0 Å². The smallest absolute Gasteiger partial charge is 0.456 e. The minimum absolute atomic E-state index is 0.0603. The van der Waals surface area contributed by atoms with Gasteiger partial charge in [0.2, 0.25) is 0 Å². The quantitative estimate of drug-likeness (QED) is 0.168. The van der Waals surface area contributed by atoms with E-state index in [1.807, 2.05) is 0 Å². The van der Waals surface area contributed by atoms with Crippen molar-refractivity contribution in [1.82, 2.24) is 0 Å². The van der Waals surface area contributed by atoms with Gasteiger partial charge in [0, 0.05) is 19.4 Å². The van der Waals surface area contributed by atoms with Crippen molar-refractivity contribution in [3.8, 4) is 0 Å². The molecular weight excluding hydrogens is 523 g/mol. The lowest BCUT2D eigenvalue weighted by Crippen LogP contribution is -2.50. The molecule has 0 N–H and O–H groups in total. The standard InChI is InChI=1S/C25H39F5O8/c1-8-23(7,22(5,6)19(32)36-15-24(26,27)25(28,29)30)20(33)37-16(14-17(31)38-21(2,3)4)11-13-35-18-10-9-12-34-18/h16,18H,8-15H2,1-7H3. The van der Waals surface area contributed by atoms with Gasteiger partial charge in [0.15, 0.2) is 12.9 Å². The van der Waals surface area contributed by atoms with Crippen LogP contribution in [0, 0.1) is 10.8 Å². The molecule has 1 heterocycles. The molecular formula is C25H39F5O8. The van der Waals surface area contributed by atoms with Gasteiger partial charge >= 0.3 is 30.0 Å². The van der Waals surface area contributed by atoms with Crippen LogP contribution in [0.4, 0.5) is 22.0 Å². The first-order valence-corrected chi connectivity index (χ1v) is 12.4. The molecule has 3 atom stereocenters. The van der Waals surface area contributed by atoms with E-state index in [4.69, 9.17) is 18.9 Å². The van der Waals surface area contributed by atoms with Crippen LogP contribution in [0.1, 0.15) is 80.6 Å². The van der Waals surface area contributed by atoms with Gasteiger partial charge in [-0.05, 0) is 54.4 Å². The van der Waals surface area contributed by atoms with Crippen LogP contribution in [-0.4, -0.2) is 67.8 Å². The first kappa shape index (κ1) is 34.0. The number of halogens is 5. The Kier molecular flexibility index (Phi) is 11.5. The molecule has 222 valence electrons. The van der Waals surface area contributed by atoms with E-state index < -0.39 is 65.4 Å². The molecule has 1 aliphatic rings. The lowest BCUT2D eigenvalue weighted by molar-refractivity contribution is -0.295. The fourth-order valence-electron chi connectivity index (χ4n) is 3.55. The van der Waals surface area contributed by atoms with Gasteiger partial charge in [-0.3, -0.25) is 14.4 Å². The summed E-state index contributed by atoms with van der Waals surface area (Å²) in [4.78, 5) is 38.4. The van der Waals surface area contributed by atoms with Crippen LogP contribution in [0.2, 0.25) is 0 Å². The number of rotatable bonds is 13. The molecule has 0 radical (unpaired) electrons. The van der Waals surface area contributed by atoms with Crippen LogP contribution < -0.4 is 0 Å². The minimum atomic E-state index is -5.91. The van der Waals surface area contributed by atoms with Crippen molar-refractivity contribution >= 4 is 17.9 Å². The summed E-state index contributed by atoms with van der Waals surface area (Å²) in [5.41, 5.74) is -4.38. The summed E-state index contributed by atoms with van der Waals surface area (Å²) in [7, 11) is 0. The molecule has 0 amide bonds. The van der Waals surface area contributed by atoms with Gasteiger partial charge in [0.25, 0.3) is 0 Å². The molecule has 0 aromatic heterocycles. The fraction of sp³-hybridized carbons (Fsp3) is 0.880. The second-order valence-electron chi connectivity index (χ2n) is 11.0. The van der Waals surface area contributed by atoms with Crippen LogP contribution in [0.25, 0.3) is 0 Å². The lowest BCUT2D eigenvalue weighted by Gasteiger charge is -2.40. The minimum Gasteiger partial charge on any atom is -0.461 e. The zero-order valence-corrected chi connectivity index (χ0v) is 23.0. The summed E-state index contributed by atoms with van der Waals surface area (Å²) in [5.74, 6) is -8.31. The normalized spacial score (nSPS) is 19.4. The number of carbonyl (C=O) groups is 3. The van der Waals surface area contributed by atoms with Crippen molar-refractivity contribution in [3.63, 3.8) is 0 Å². The van der Waals surface area contributed by atoms with E-state index in [1.165, 1.54) is 27.7 Å². The van der Waals surface area contributed by atoms with Gasteiger partial charge in [0.05, 0.1) is 23.9 Å². The predicted molar refractivity (Wildman–Crippen MR) is 124 cm³/mol. The van der Waals surface area contributed by atoms with Crippen molar-refractivity contribution in [1.29, 1.82) is 0 Å². The van der Waals surface area contributed by atoms with Crippen LogP contribution >= 0.6 is 0 Å². The predicted octanol–water partition coefficient (Wildman–Crippen LogP) is 5.36. The van der Waals surface area contributed by atoms with Crippen molar-refractivity contribution in [2.45, 2.75) is 111 Å². The summed E-state index contributed by atoms with van der Waals surface area (Å²) in [6.07, 6.45) is -6.17. The van der Waals surface area contributed by atoms with E-state index in [0.717, 1.165) is 6.42 Å². The first-order chi connectivity index (χ1) is 17.2. The number of alkyl halides is 5. The van der Waals surface area contributed by atoms with Gasteiger partial charge in [-0.1, -0.05) is 6.92 Å². The molecule has 1 rings (SSSR count). The molecule has 0 saturated carbocycles. The zero-order valence-electron chi connectivity index (χ0n) is 23.0. The maximum atomic E-state index is 13.3. The average molecular weight is 563 g/mol. The number of hydrogen-bond acceptors (Lipinski definition) is 8. The Morgan fingerprint density at radius 2 is 1.58 bits per heavy atom. The molecule has 3 unspecified atom stereocenters.